The van der Waals surface area contributed by atoms with Crippen LogP contribution in [0.15, 0.2) is 48.1 Å². The first-order valence-corrected chi connectivity index (χ1v) is 19.9. The number of allylic oxidation sites excluding steroid dienone is 7. The number of unbranched alkanes of at least 4 members (excludes halogenated alkanes) is 5. The Morgan fingerprint density at radius 3 is 2.43 bits per heavy atom. The minimum atomic E-state index is -2.44. The molecule has 0 aromatic heterocycles. The molecule has 4 aliphatic carbocycles. The number of ether oxygens (including phenoxy) is 1. The van der Waals surface area contributed by atoms with Gasteiger partial charge in [0.25, 0.3) is 0 Å². The van der Waals surface area contributed by atoms with Crippen molar-refractivity contribution in [2.75, 3.05) is 0 Å². The van der Waals surface area contributed by atoms with Gasteiger partial charge < -0.3 is 4.74 Å². The van der Waals surface area contributed by atoms with Gasteiger partial charge in [-0.15, -0.1) is 0 Å². The number of fused-ring (bicyclic) bond motifs is 5. The monoisotopic (exact) mass is 653 g/mol. The summed E-state index contributed by atoms with van der Waals surface area (Å²) in [6.07, 6.45) is 37.4. The van der Waals surface area contributed by atoms with E-state index in [9.17, 15) is 4.79 Å². The normalized spacial score (nSPS) is 35.3. The van der Waals surface area contributed by atoms with Gasteiger partial charge in [0.15, 0.2) is 0 Å². The van der Waals surface area contributed by atoms with Crippen molar-refractivity contribution < 1.29 is 17.8 Å². The third-order valence-electron chi connectivity index (χ3n) is 13.3. The maximum absolute atomic E-state index is 12.8. The molecule has 0 aromatic carbocycles. The SMILES string of the molecule is [2H]C([2H])([2H])C(CCC[C@@H](C)[C@H]1CC[C@H]2[C@@H]3CC=C4C[C@@H](OC(=O)CCCCCCC/C=C/C/C=C/C/C=C/CC)CC[C@]4(C)[C@H]3CC[C@]12C)C([2H])([2H])[2H]. The first-order chi connectivity index (χ1) is 25.1. The topological polar surface area (TPSA) is 26.3 Å². The van der Waals surface area contributed by atoms with E-state index in [4.69, 9.17) is 13.0 Å². The van der Waals surface area contributed by atoms with Crippen molar-refractivity contribution in [3.8, 4) is 0 Å². The van der Waals surface area contributed by atoms with Crippen LogP contribution in [-0.4, -0.2) is 12.1 Å². The van der Waals surface area contributed by atoms with Crippen LogP contribution in [0.5, 0.6) is 0 Å². The fraction of sp³-hybridized carbons (Fsp3) is 0.800. The van der Waals surface area contributed by atoms with Crippen LogP contribution in [0.4, 0.5) is 0 Å². The summed E-state index contributed by atoms with van der Waals surface area (Å²) < 4.78 is 52.8. The molecule has 0 aromatic rings. The van der Waals surface area contributed by atoms with E-state index in [0.717, 1.165) is 70.6 Å². The Morgan fingerprint density at radius 2 is 1.64 bits per heavy atom. The molecule has 4 aliphatic rings. The average molecular weight is 653 g/mol. The molecule has 0 spiro atoms. The number of rotatable bonds is 19. The zero-order valence-corrected chi connectivity index (χ0v) is 30.7. The molecule has 3 saturated carbocycles. The number of hydrogen-bond donors (Lipinski definition) is 0. The van der Waals surface area contributed by atoms with Crippen LogP contribution in [0.3, 0.4) is 0 Å². The molecule has 2 nitrogen and oxygen atoms in total. The highest BCUT2D eigenvalue weighted by atomic mass is 16.5. The standard InChI is InChI=1S/C45H74O2/c1-7-8-9-10-11-12-13-14-15-16-17-18-19-20-21-25-43(46)47-38-30-32-44(5)37(34-38)26-27-39-41-29-28-40(36(4)24-22-23-35(2)3)45(41,6)33-31-42(39)44/h8-9,11-12,14-15,26,35-36,38-42H,7,10,13,16-25,27-34H2,1-6H3/b9-8+,12-11+,15-14+/t36-,38+,39+,40-,41+,42+,44+,45-/m1/s1/i2D3,3D3. The second-order valence-electron chi connectivity index (χ2n) is 16.4. The molecule has 47 heavy (non-hydrogen) atoms. The zero-order chi connectivity index (χ0) is 38.7. The molecule has 2 heteroatoms. The van der Waals surface area contributed by atoms with Gasteiger partial charge in [-0.1, -0.05) is 128 Å². The van der Waals surface area contributed by atoms with Crippen LogP contribution in [-0.2, 0) is 9.53 Å². The van der Waals surface area contributed by atoms with E-state index in [1.165, 1.54) is 44.9 Å². The Morgan fingerprint density at radius 1 is 0.894 bits per heavy atom. The molecule has 266 valence electrons. The minimum absolute atomic E-state index is 0.0130. The van der Waals surface area contributed by atoms with Crippen molar-refractivity contribution in [2.24, 2.45) is 46.3 Å². The summed E-state index contributed by atoms with van der Waals surface area (Å²) in [7, 11) is 0. The van der Waals surface area contributed by atoms with Gasteiger partial charge in [0.2, 0.25) is 0 Å². The van der Waals surface area contributed by atoms with Crippen LogP contribution in [0.1, 0.15) is 184 Å². The molecule has 0 heterocycles. The lowest BCUT2D eigenvalue weighted by Gasteiger charge is -2.58. The maximum Gasteiger partial charge on any atom is 0.306 e. The highest BCUT2D eigenvalue weighted by Crippen LogP contribution is 2.67. The smallest absolute Gasteiger partial charge is 0.306 e. The number of hydrogen-bond acceptors (Lipinski definition) is 2. The summed E-state index contributed by atoms with van der Waals surface area (Å²) in [5.41, 5.74) is 2.04. The molecule has 4 rings (SSSR count). The van der Waals surface area contributed by atoms with Gasteiger partial charge in [-0.2, -0.15) is 0 Å². The third-order valence-corrected chi connectivity index (χ3v) is 13.3. The Hall–Kier alpha value is -1.57. The first kappa shape index (κ1) is 30.3. The molecule has 8 atom stereocenters. The number of carbonyl (C=O) groups is 1. The molecule has 0 amide bonds. The summed E-state index contributed by atoms with van der Waals surface area (Å²) >= 11 is 0. The largest absolute Gasteiger partial charge is 0.462 e. The second-order valence-corrected chi connectivity index (χ2v) is 16.4. The minimum Gasteiger partial charge on any atom is -0.462 e. The molecular weight excluding hydrogens is 572 g/mol. The van der Waals surface area contributed by atoms with E-state index in [2.05, 4.69) is 70.2 Å². The summed E-state index contributed by atoms with van der Waals surface area (Å²) in [4.78, 5) is 12.8. The molecule has 0 unspecified atom stereocenters. The highest BCUT2D eigenvalue weighted by Gasteiger charge is 2.59. The average Bonchev–Trinajstić information content (AvgIpc) is 3.44. The lowest BCUT2D eigenvalue weighted by molar-refractivity contribution is -0.151. The fourth-order valence-electron chi connectivity index (χ4n) is 10.7. The van der Waals surface area contributed by atoms with Crippen molar-refractivity contribution in [3.63, 3.8) is 0 Å². The molecule has 0 radical (unpaired) electrons. The molecule has 0 aliphatic heterocycles. The highest BCUT2D eigenvalue weighted by molar-refractivity contribution is 5.69. The summed E-state index contributed by atoms with van der Waals surface area (Å²) in [5.74, 6) is 1.93. The van der Waals surface area contributed by atoms with Crippen LogP contribution in [0, 0.1) is 46.3 Å². The lowest BCUT2D eigenvalue weighted by atomic mass is 9.47. The lowest BCUT2D eigenvalue weighted by Crippen LogP contribution is -2.51. The van der Waals surface area contributed by atoms with E-state index in [1.54, 1.807) is 5.57 Å². The summed E-state index contributed by atoms with van der Waals surface area (Å²) in [6.45, 7) is 4.67. The van der Waals surface area contributed by atoms with Crippen LogP contribution >= 0.6 is 0 Å². The Labute approximate surface area is 300 Å². The van der Waals surface area contributed by atoms with E-state index in [0.29, 0.717) is 47.8 Å². The molecular formula is C45H74O2. The Kier molecular flexibility index (Phi) is 12.2. The van der Waals surface area contributed by atoms with Gasteiger partial charge in [-0.25, -0.2) is 0 Å². The van der Waals surface area contributed by atoms with Crippen LogP contribution < -0.4 is 0 Å². The van der Waals surface area contributed by atoms with E-state index in [1.807, 2.05) is 0 Å². The van der Waals surface area contributed by atoms with E-state index >= 15 is 0 Å². The third kappa shape index (κ3) is 10.5. The quantitative estimate of drug-likeness (QED) is 0.0788. The predicted molar refractivity (Wildman–Crippen MR) is 202 cm³/mol. The van der Waals surface area contributed by atoms with E-state index < -0.39 is 19.6 Å². The first-order valence-electron chi connectivity index (χ1n) is 22.9. The van der Waals surface area contributed by atoms with Gasteiger partial charge >= 0.3 is 5.97 Å². The van der Waals surface area contributed by atoms with Gasteiger partial charge in [0.1, 0.15) is 6.10 Å². The van der Waals surface area contributed by atoms with Crippen LogP contribution in [0.2, 0.25) is 0 Å². The summed E-state index contributed by atoms with van der Waals surface area (Å²) in [6, 6.07) is 0. The molecule has 3 fully saturated rings. The predicted octanol–water partition coefficient (Wildman–Crippen LogP) is 13.5. The number of carbonyl (C=O) groups excluding carboxylic acids is 1. The Bertz CT molecular complexity index is 1250. The summed E-state index contributed by atoms with van der Waals surface area (Å²) in [5, 5.41) is 0. The number of esters is 1. The van der Waals surface area contributed by atoms with Gasteiger partial charge in [0, 0.05) is 21.1 Å². The van der Waals surface area contributed by atoms with Crippen molar-refractivity contribution in [1.82, 2.24) is 0 Å². The fourth-order valence-corrected chi connectivity index (χ4v) is 10.7. The van der Waals surface area contributed by atoms with E-state index in [-0.39, 0.29) is 23.9 Å². The van der Waals surface area contributed by atoms with Gasteiger partial charge in [-0.05, 0) is 130 Å². The van der Waals surface area contributed by atoms with Crippen molar-refractivity contribution in [1.29, 1.82) is 0 Å². The zero-order valence-electron chi connectivity index (χ0n) is 36.7. The molecule has 0 bridgehead atoms. The molecule has 0 saturated heterocycles. The van der Waals surface area contributed by atoms with Crippen molar-refractivity contribution in [3.05, 3.63) is 48.1 Å². The molecule has 0 N–H and O–H groups in total. The van der Waals surface area contributed by atoms with Crippen molar-refractivity contribution in [2.45, 2.75) is 182 Å². The van der Waals surface area contributed by atoms with Crippen molar-refractivity contribution >= 4 is 5.97 Å². The van der Waals surface area contributed by atoms with Gasteiger partial charge in [0.05, 0.1) is 0 Å². The maximum atomic E-state index is 12.8. The van der Waals surface area contributed by atoms with Gasteiger partial charge in [-0.3, -0.25) is 4.79 Å². The Balaban J connectivity index is 1.16. The second kappa shape index (κ2) is 19.0. The van der Waals surface area contributed by atoms with Crippen LogP contribution in [0.25, 0.3) is 0 Å².